The highest BCUT2D eigenvalue weighted by molar-refractivity contribution is 5.80. The molecule has 3 fully saturated rings. The van der Waals surface area contributed by atoms with Crippen molar-refractivity contribution in [1.29, 1.82) is 5.26 Å². The number of anilines is 1. The number of nitrogens with zero attached hydrogens (tertiary/aromatic N) is 4. The average Bonchev–Trinajstić information content (AvgIpc) is 3.67. The van der Waals surface area contributed by atoms with Gasteiger partial charge in [0.25, 0.3) is 0 Å². The van der Waals surface area contributed by atoms with Gasteiger partial charge in [0.1, 0.15) is 11.9 Å². The Morgan fingerprint density at radius 3 is 2.53 bits per heavy atom. The molecular weight excluding hydrogens is 428 g/mol. The van der Waals surface area contributed by atoms with Crippen LogP contribution in [0.1, 0.15) is 81.7 Å². The van der Waals surface area contributed by atoms with E-state index in [-0.39, 0.29) is 23.5 Å². The lowest BCUT2D eigenvalue weighted by atomic mass is 9.87. The Kier molecular flexibility index (Phi) is 6.32. The van der Waals surface area contributed by atoms with Crippen LogP contribution in [0, 0.1) is 23.2 Å². The zero-order chi connectivity index (χ0) is 24.0. The van der Waals surface area contributed by atoms with Crippen molar-refractivity contribution >= 4 is 11.7 Å². The van der Waals surface area contributed by atoms with Gasteiger partial charge in [0, 0.05) is 56.7 Å². The molecule has 2 saturated heterocycles. The summed E-state index contributed by atoms with van der Waals surface area (Å²) in [6.07, 6.45) is 4.69. The molecule has 3 aliphatic heterocycles. The molecule has 1 aliphatic carbocycles. The predicted octanol–water partition coefficient (Wildman–Crippen LogP) is 3.78. The summed E-state index contributed by atoms with van der Waals surface area (Å²) in [5.41, 5.74) is 3.85. The van der Waals surface area contributed by atoms with Crippen LogP contribution < -0.4 is 4.90 Å². The zero-order valence-corrected chi connectivity index (χ0v) is 21.1. The normalized spacial score (nSPS) is 25.2. The summed E-state index contributed by atoms with van der Waals surface area (Å²) in [4.78, 5) is 23.0. The zero-order valence-electron chi connectivity index (χ0n) is 21.1. The summed E-state index contributed by atoms with van der Waals surface area (Å²) in [7, 11) is 0. The van der Waals surface area contributed by atoms with E-state index in [1.807, 2.05) is 0 Å². The molecule has 1 aromatic heterocycles. The van der Waals surface area contributed by atoms with Crippen molar-refractivity contribution in [2.75, 3.05) is 37.7 Å². The number of pyridine rings is 1. The molecule has 5 rings (SSSR count). The highest BCUT2D eigenvalue weighted by Crippen LogP contribution is 2.46. The van der Waals surface area contributed by atoms with E-state index in [1.165, 1.54) is 0 Å². The lowest BCUT2D eigenvalue weighted by Crippen LogP contribution is -2.59. The van der Waals surface area contributed by atoms with Crippen LogP contribution >= 0.6 is 0 Å². The predicted molar refractivity (Wildman–Crippen MR) is 130 cm³/mol. The minimum absolute atomic E-state index is 0.0711. The molecule has 1 amide bonds. The van der Waals surface area contributed by atoms with Crippen LogP contribution in [0.5, 0.6) is 0 Å². The van der Waals surface area contributed by atoms with Gasteiger partial charge in [0.15, 0.2) is 0 Å². The molecule has 0 aromatic carbocycles. The van der Waals surface area contributed by atoms with Crippen LogP contribution in [0.4, 0.5) is 5.82 Å². The number of rotatable bonds is 4. The molecule has 1 atom stereocenters. The number of amides is 1. The Morgan fingerprint density at radius 2 is 1.88 bits per heavy atom. The van der Waals surface area contributed by atoms with Gasteiger partial charge in [-0.25, -0.2) is 4.98 Å². The van der Waals surface area contributed by atoms with E-state index >= 15 is 0 Å². The van der Waals surface area contributed by atoms with Gasteiger partial charge >= 0.3 is 0 Å². The van der Waals surface area contributed by atoms with Gasteiger partial charge in [-0.15, -0.1) is 0 Å². The Morgan fingerprint density at radius 1 is 1.15 bits per heavy atom. The van der Waals surface area contributed by atoms with Crippen molar-refractivity contribution in [1.82, 2.24) is 9.88 Å². The summed E-state index contributed by atoms with van der Waals surface area (Å²) >= 11 is 0. The molecular formula is C27H38N4O3. The van der Waals surface area contributed by atoms with Crippen LogP contribution in [-0.2, 0) is 27.3 Å². The quantitative estimate of drug-likeness (QED) is 0.672. The van der Waals surface area contributed by atoms with Crippen LogP contribution in [0.2, 0.25) is 0 Å². The molecule has 7 heteroatoms. The minimum atomic E-state index is -0.284. The molecule has 0 radical (unpaired) electrons. The number of piperazine rings is 1. The van der Waals surface area contributed by atoms with E-state index in [9.17, 15) is 10.1 Å². The fourth-order valence-corrected chi connectivity index (χ4v) is 5.84. The van der Waals surface area contributed by atoms with Crippen molar-refractivity contribution in [2.45, 2.75) is 84.0 Å². The van der Waals surface area contributed by atoms with E-state index in [4.69, 9.17) is 14.5 Å². The number of hydrogen-bond acceptors (Lipinski definition) is 6. The second kappa shape index (κ2) is 9.13. The topological polar surface area (TPSA) is 78.7 Å². The van der Waals surface area contributed by atoms with Gasteiger partial charge in [-0.2, -0.15) is 5.26 Å². The Hall–Kier alpha value is -2.17. The molecule has 34 heavy (non-hydrogen) atoms. The molecule has 1 aromatic rings. The third kappa shape index (κ3) is 4.43. The first-order chi connectivity index (χ1) is 16.3. The summed E-state index contributed by atoms with van der Waals surface area (Å²) in [6.45, 7) is 12.6. The fraction of sp³-hybridized carbons (Fsp3) is 0.741. The minimum Gasteiger partial charge on any atom is -0.381 e. The second-order valence-electron chi connectivity index (χ2n) is 11.4. The van der Waals surface area contributed by atoms with Gasteiger partial charge < -0.3 is 19.3 Å². The maximum Gasteiger partial charge on any atom is 0.226 e. The van der Waals surface area contributed by atoms with E-state index in [0.29, 0.717) is 50.3 Å². The van der Waals surface area contributed by atoms with E-state index in [2.05, 4.69) is 43.6 Å². The molecule has 7 nitrogen and oxygen atoms in total. The second-order valence-corrected chi connectivity index (χ2v) is 11.4. The van der Waals surface area contributed by atoms with Crippen molar-refractivity contribution in [2.24, 2.45) is 11.8 Å². The van der Waals surface area contributed by atoms with Crippen molar-refractivity contribution in [3.8, 4) is 6.07 Å². The summed E-state index contributed by atoms with van der Waals surface area (Å²) in [5, 5.41) is 10.3. The van der Waals surface area contributed by atoms with Crippen LogP contribution in [0.15, 0.2) is 0 Å². The van der Waals surface area contributed by atoms with Crippen LogP contribution in [0.25, 0.3) is 0 Å². The Bertz CT molecular complexity index is 989. The molecule has 1 unspecified atom stereocenters. The van der Waals surface area contributed by atoms with Gasteiger partial charge in [0.05, 0.1) is 29.5 Å². The lowest BCUT2D eigenvalue weighted by molar-refractivity contribution is -0.142. The number of aromatic nitrogens is 1. The van der Waals surface area contributed by atoms with Crippen molar-refractivity contribution in [3.05, 3.63) is 22.4 Å². The number of carbonyl (C=O) groups excluding carboxylic acids is 1. The van der Waals surface area contributed by atoms with Crippen molar-refractivity contribution in [3.63, 3.8) is 0 Å². The van der Waals surface area contributed by atoms with Gasteiger partial charge in [0.2, 0.25) is 5.91 Å². The number of hydrogen-bond donors (Lipinski definition) is 0. The van der Waals surface area contributed by atoms with Crippen LogP contribution in [0.3, 0.4) is 0 Å². The maximum atomic E-state index is 13.4. The summed E-state index contributed by atoms with van der Waals surface area (Å²) in [5.74, 6) is 1.98. The van der Waals surface area contributed by atoms with Crippen molar-refractivity contribution < 1.29 is 14.3 Å². The average molecular weight is 467 g/mol. The molecule has 184 valence electrons. The highest BCUT2D eigenvalue weighted by Gasteiger charge is 2.40. The number of ether oxygens (including phenoxy) is 2. The maximum absolute atomic E-state index is 13.4. The lowest BCUT2D eigenvalue weighted by Gasteiger charge is -2.46. The largest absolute Gasteiger partial charge is 0.381 e. The monoisotopic (exact) mass is 466 g/mol. The molecule has 4 heterocycles. The molecule has 1 saturated carbocycles. The number of fused-ring (bicyclic) bond motifs is 1. The standard InChI is InChI=1S/C27H38N4O3/c1-17(2)23-15-30(9-10-31(23)26(32)19-7-11-33-12-8-19)25-21(14-28)20-13-27(3,4)34-16-22(20)24(29-25)18-5-6-18/h17-19,23H,5-13,15-16H2,1-4H3. The Balaban J connectivity index is 1.46. The molecule has 4 aliphatic rings. The van der Waals surface area contributed by atoms with Gasteiger partial charge in [-0.3, -0.25) is 4.79 Å². The SMILES string of the molecule is CC(C)C1CN(c2nc(C3CC3)c3c(c2C#N)CC(C)(C)OC3)CCN1C(=O)C1CCOCC1. The molecule has 0 spiro atoms. The van der Waals surface area contributed by atoms with E-state index in [1.54, 1.807) is 0 Å². The molecule has 0 bridgehead atoms. The number of nitriles is 1. The third-order valence-corrected chi connectivity index (χ3v) is 8.05. The summed E-state index contributed by atoms with van der Waals surface area (Å²) in [6, 6.07) is 2.63. The third-order valence-electron chi connectivity index (χ3n) is 8.05. The van der Waals surface area contributed by atoms with Gasteiger partial charge in [-0.05, 0) is 51.0 Å². The first-order valence-corrected chi connectivity index (χ1v) is 13.0. The fourth-order valence-electron chi connectivity index (χ4n) is 5.84. The smallest absolute Gasteiger partial charge is 0.226 e. The molecule has 0 N–H and O–H groups in total. The van der Waals surface area contributed by atoms with E-state index < -0.39 is 0 Å². The summed E-state index contributed by atoms with van der Waals surface area (Å²) < 4.78 is 11.6. The van der Waals surface area contributed by atoms with E-state index in [0.717, 1.165) is 61.3 Å². The van der Waals surface area contributed by atoms with Crippen LogP contribution in [-0.4, -0.2) is 60.3 Å². The van der Waals surface area contributed by atoms with Gasteiger partial charge in [-0.1, -0.05) is 13.8 Å². The first kappa shape index (κ1) is 23.6. The first-order valence-electron chi connectivity index (χ1n) is 13.0. The Labute approximate surface area is 203 Å². The highest BCUT2D eigenvalue weighted by atomic mass is 16.5. The number of carbonyl (C=O) groups is 1.